The smallest absolute Gasteiger partial charge is 1.00 e. The van der Waals surface area contributed by atoms with Crippen LogP contribution in [0.1, 0.15) is 17.8 Å². The van der Waals surface area contributed by atoms with Crippen molar-refractivity contribution in [1.82, 2.24) is 24.6 Å². The van der Waals surface area contributed by atoms with Crippen LogP contribution in [0, 0.1) is 6.92 Å². The number of fused-ring (bicyclic) bond motifs is 1. The molecule has 2 aromatic rings. The Kier molecular flexibility index (Phi) is 7.92. The molecular formula is C17H16N7NaO5S3. The van der Waals surface area contributed by atoms with E-state index in [4.69, 9.17) is 5.73 Å². The number of allylic oxidation sites excluding steroid dienone is 1. The minimum atomic E-state index is -1.24. The summed E-state index contributed by atoms with van der Waals surface area (Å²) in [6.45, 7) is 1.85. The number of thiazole rings is 1. The second-order valence-corrected chi connectivity index (χ2v) is 9.35. The quantitative estimate of drug-likeness (QED) is 0.106. The predicted octanol–water partition coefficient (Wildman–Crippen LogP) is -2.37. The molecule has 2 aliphatic heterocycles. The Morgan fingerprint density at radius 2 is 2.18 bits per heavy atom. The van der Waals surface area contributed by atoms with E-state index in [1.54, 1.807) is 17.7 Å². The number of carbonyl (C=O) groups excluding carboxylic acids is 2. The number of carboxylic acids is 1. The molecule has 0 aliphatic carbocycles. The number of anilines is 1. The average Bonchev–Trinajstić information content (AvgIpc) is 3.37. The van der Waals surface area contributed by atoms with E-state index in [0.717, 1.165) is 27.0 Å². The monoisotopic (exact) mass is 517 g/mol. The fourth-order valence-corrected chi connectivity index (χ4v) is 5.60. The average molecular weight is 518 g/mol. The van der Waals surface area contributed by atoms with Gasteiger partial charge in [0.15, 0.2) is 5.13 Å². The number of oxime groups is 1. The Labute approximate surface area is 222 Å². The standard InChI is InChI=1S/C17H15N7O5S3.Na.H/c1-6-8(31-5-19-6)3-2-7-4-30-15-10(14(26)24(15)11(7)16(27)28)20-13(25)9(22-29)12-21-17(18)32-23-12;;/h2-3,5,10,15,29H,4H2,1H3,(H,20,25)(H,27,28)(H2,18,21,23);;/q;+1;-1/b3-2+,22-9+;;/t10?,15-;;/m1../s1. The molecule has 4 heterocycles. The van der Waals surface area contributed by atoms with E-state index in [2.05, 4.69) is 24.8 Å². The van der Waals surface area contributed by atoms with Gasteiger partial charge in [0.1, 0.15) is 17.1 Å². The van der Waals surface area contributed by atoms with Crippen LogP contribution in [0.25, 0.3) is 6.08 Å². The number of nitrogen functional groups attached to an aromatic ring is 1. The SMILES string of the molecule is Cc1ncsc1/C=C/C1=C(C(=O)O)N2C(=O)C(NC(=O)/C(=N/O)c3nsc(N)n3)[C@H]2SC1.[H-].[Na+]. The van der Waals surface area contributed by atoms with E-state index in [0.29, 0.717) is 11.3 Å². The van der Waals surface area contributed by atoms with E-state index < -0.39 is 34.9 Å². The molecule has 0 spiro atoms. The van der Waals surface area contributed by atoms with Crippen molar-refractivity contribution in [2.24, 2.45) is 5.16 Å². The van der Waals surface area contributed by atoms with Crippen molar-refractivity contribution < 1.29 is 55.7 Å². The zero-order chi connectivity index (χ0) is 23.0. The molecule has 1 unspecified atom stereocenters. The van der Waals surface area contributed by atoms with Crippen LogP contribution in [0.15, 0.2) is 28.0 Å². The Bertz CT molecular complexity index is 1210. The molecule has 33 heavy (non-hydrogen) atoms. The van der Waals surface area contributed by atoms with Crippen LogP contribution in [0.5, 0.6) is 0 Å². The van der Waals surface area contributed by atoms with E-state index in [1.807, 2.05) is 6.92 Å². The summed E-state index contributed by atoms with van der Waals surface area (Å²) in [6, 6.07) is -0.996. The van der Waals surface area contributed by atoms with E-state index in [1.165, 1.54) is 23.1 Å². The number of carboxylic acid groups (broad SMARTS) is 1. The van der Waals surface area contributed by atoms with Crippen molar-refractivity contribution in [3.63, 3.8) is 0 Å². The molecule has 16 heteroatoms. The molecule has 1 saturated heterocycles. The number of nitrogens with two attached hydrogens (primary N) is 1. The van der Waals surface area contributed by atoms with Gasteiger partial charge in [-0.2, -0.15) is 9.36 Å². The maximum absolute atomic E-state index is 12.7. The number of thioether (sulfide) groups is 1. The Morgan fingerprint density at radius 1 is 1.42 bits per heavy atom. The third-order valence-electron chi connectivity index (χ3n) is 4.67. The van der Waals surface area contributed by atoms with E-state index >= 15 is 0 Å². The molecule has 0 aromatic carbocycles. The number of rotatable bonds is 6. The van der Waals surface area contributed by atoms with Crippen LogP contribution >= 0.6 is 34.6 Å². The number of aromatic nitrogens is 3. The summed E-state index contributed by atoms with van der Waals surface area (Å²) < 4.78 is 3.81. The van der Waals surface area contributed by atoms with Crippen molar-refractivity contribution in [2.45, 2.75) is 18.3 Å². The molecule has 0 saturated carbocycles. The number of aliphatic carboxylic acids is 1. The number of carbonyl (C=O) groups is 3. The van der Waals surface area contributed by atoms with Gasteiger partial charge in [0.25, 0.3) is 11.8 Å². The van der Waals surface area contributed by atoms with Gasteiger partial charge in [-0.25, -0.2) is 9.78 Å². The number of nitrogens with zero attached hydrogens (tertiary/aromatic N) is 5. The molecule has 5 N–H and O–H groups in total. The first-order chi connectivity index (χ1) is 15.3. The van der Waals surface area contributed by atoms with Gasteiger partial charge in [0.05, 0.1) is 11.2 Å². The summed E-state index contributed by atoms with van der Waals surface area (Å²) >= 11 is 3.55. The van der Waals surface area contributed by atoms with Crippen LogP contribution in [-0.4, -0.2) is 70.2 Å². The zero-order valence-corrected chi connectivity index (χ0v) is 21.7. The van der Waals surface area contributed by atoms with Gasteiger partial charge >= 0.3 is 35.5 Å². The van der Waals surface area contributed by atoms with Crippen molar-refractivity contribution >= 4 is 69.3 Å². The molecular weight excluding hydrogens is 501 g/mol. The third-order valence-corrected chi connectivity index (χ3v) is 7.42. The van der Waals surface area contributed by atoms with Gasteiger partial charge in [-0.3, -0.25) is 14.5 Å². The summed E-state index contributed by atoms with van der Waals surface area (Å²) in [5, 5.41) is 23.7. The van der Waals surface area contributed by atoms with Crippen LogP contribution in [-0.2, 0) is 14.4 Å². The number of β-lactam (4-membered cyclic amide) rings is 1. The Morgan fingerprint density at radius 3 is 2.76 bits per heavy atom. The van der Waals surface area contributed by atoms with Gasteiger partial charge in [-0.05, 0) is 18.6 Å². The number of nitrogens with one attached hydrogen (secondary N) is 1. The molecule has 0 bridgehead atoms. The van der Waals surface area contributed by atoms with Gasteiger partial charge in [-0.15, -0.1) is 23.1 Å². The Hall–Kier alpha value is -2.30. The number of hydrogen-bond donors (Lipinski definition) is 4. The number of aryl methyl sites for hydroxylation is 1. The van der Waals surface area contributed by atoms with Crippen molar-refractivity contribution in [3.8, 4) is 0 Å². The van der Waals surface area contributed by atoms with Crippen LogP contribution in [0.4, 0.5) is 5.13 Å². The minimum Gasteiger partial charge on any atom is -1.00 e. The van der Waals surface area contributed by atoms with Gasteiger partial charge in [0.2, 0.25) is 11.5 Å². The van der Waals surface area contributed by atoms with E-state index in [9.17, 15) is 24.7 Å². The summed E-state index contributed by atoms with van der Waals surface area (Å²) in [5.41, 5.74) is 7.85. The third kappa shape index (κ3) is 4.83. The van der Waals surface area contributed by atoms with Gasteiger partial charge in [-0.1, -0.05) is 11.2 Å². The summed E-state index contributed by atoms with van der Waals surface area (Å²) in [4.78, 5) is 47.2. The van der Waals surface area contributed by atoms with Crippen molar-refractivity contribution in [3.05, 3.63) is 39.3 Å². The molecule has 2 amide bonds. The molecule has 2 aliphatic rings. The minimum absolute atomic E-state index is 0. The van der Waals surface area contributed by atoms with Crippen LogP contribution in [0.3, 0.4) is 0 Å². The largest absolute Gasteiger partial charge is 1.00 e. The summed E-state index contributed by atoms with van der Waals surface area (Å²) in [7, 11) is 0. The van der Waals surface area contributed by atoms with Gasteiger partial charge < -0.3 is 22.8 Å². The summed E-state index contributed by atoms with van der Waals surface area (Å²) in [6.07, 6.45) is 3.44. The first-order valence-electron chi connectivity index (χ1n) is 8.93. The molecule has 2 atom stereocenters. The second-order valence-electron chi connectivity index (χ2n) is 6.58. The van der Waals surface area contributed by atoms with Crippen molar-refractivity contribution in [1.29, 1.82) is 0 Å². The normalized spacial score (nSPS) is 20.3. The van der Waals surface area contributed by atoms with Crippen LogP contribution < -0.4 is 40.6 Å². The molecule has 2 aromatic heterocycles. The second kappa shape index (κ2) is 10.3. The zero-order valence-electron chi connectivity index (χ0n) is 18.3. The molecule has 0 radical (unpaired) electrons. The van der Waals surface area contributed by atoms with E-state index in [-0.39, 0.29) is 47.6 Å². The summed E-state index contributed by atoms with van der Waals surface area (Å²) in [5.74, 6) is -2.56. The first kappa shape index (κ1) is 25.3. The maximum Gasteiger partial charge on any atom is 1.00 e. The molecule has 4 rings (SSSR count). The molecule has 12 nitrogen and oxygen atoms in total. The topological polar surface area (TPSA) is 184 Å². The van der Waals surface area contributed by atoms with Gasteiger partial charge in [0, 0.05) is 22.2 Å². The fraction of sp³-hybridized carbons (Fsp3) is 0.235. The fourth-order valence-electron chi connectivity index (χ4n) is 3.15. The number of hydrogen-bond acceptors (Lipinski definition) is 12. The van der Waals surface area contributed by atoms with Crippen LogP contribution in [0.2, 0.25) is 0 Å². The number of amides is 2. The Balaban J connectivity index is 0.00000204. The predicted molar refractivity (Wildman–Crippen MR) is 119 cm³/mol. The molecule has 1 fully saturated rings. The maximum atomic E-state index is 12.7. The van der Waals surface area contributed by atoms with Crippen molar-refractivity contribution in [2.75, 3.05) is 11.5 Å². The first-order valence-corrected chi connectivity index (χ1v) is 11.6. The molecule has 168 valence electrons.